The first-order valence-electron chi connectivity index (χ1n) is 12.2. The van der Waals surface area contributed by atoms with Crippen LogP contribution in [0.2, 0.25) is 0 Å². The molecule has 2 aliphatic rings. The summed E-state index contributed by atoms with van der Waals surface area (Å²) in [4.78, 5) is 32.0. The van der Waals surface area contributed by atoms with Crippen molar-refractivity contribution < 1.29 is 14.3 Å². The number of aromatic nitrogens is 2. The molecule has 0 bridgehead atoms. The zero-order chi connectivity index (χ0) is 24.5. The largest absolute Gasteiger partial charge is 0.444 e. The molecule has 0 saturated carbocycles. The SMILES string of the molecule is CN(C)CCC(=O)N1CCc2nn(Cc3ccccc3)c3c2C(C1)N(C(=O)OC(C)(C)C)CC3. The normalized spacial score (nSPS) is 18.0. The van der Waals surface area contributed by atoms with Crippen LogP contribution in [0.1, 0.15) is 55.7 Å². The van der Waals surface area contributed by atoms with E-state index in [1.54, 1.807) is 0 Å². The lowest BCUT2D eigenvalue weighted by Crippen LogP contribution is -2.47. The molecule has 0 N–H and O–H groups in total. The zero-order valence-corrected chi connectivity index (χ0v) is 21.1. The van der Waals surface area contributed by atoms with Crippen LogP contribution in [0.15, 0.2) is 30.3 Å². The second kappa shape index (κ2) is 9.78. The minimum Gasteiger partial charge on any atom is -0.444 e. The van der Waals surface area contributed by atoms with E-state index in [2.05, 4.69) is 16.8 Å². The standard InChI is InChI=1S/C26H37N5O3/c1-26(2,3)34-25(33)30-16-12-21-24-20(27-31(21)17-19-9-7-6-8-10-19)11-15-29(18-22(24)30)23(32)13-14-28(4)5/h6-10,22H,11-18H2,1-5H3. The third-order valence-electron chi connectivity index (χ3n) is 6.41. The topological polar surface area (TPSA) is 70.9 Å². The van der Waals surface area contributed by atoms with Gasteiger partial charge in [0.15, 0.2) is 0 Å². The van der Waals surface area contributed by atoms with Gasteiger partial charge in [0.25, 0.3) is 0 Å². The lowest BCUT2D eigenvalue weighted by atomic mass is 9.96. The molecule has 0 spiro atoms. The number of carbonyl (C=O) groups excluding carboxylic acids is 2. The maximum atomic E-state index is 13.2. The van der Waals surface area contributed by atoms with Crippen molar-refractivity contribution in [2.24, 2.45) is 0 Å². The fourth-order valence-electron chi connectivity index (χ4n) is 4.80. The third kappa shape index (κ3) is 5.43. The van der Waals surface area contributed by atoms with Gasteiger partial charge in [-0.1, -0.05) is 30.3 Å². The summed E-state index contributed by atoms with van der Waals surface area (Å²) >= 11 is 0. The fourth-order valence-corrected chi connectivity index (χ4v) is 4.80. The molecule has 34 heavy (non-hydrogen) atoms. The Morgan fingerprint density at radius 2 is 1.85 bits per heavy atom. The Morgan fingerprint density at radius 3 is 2.53 bits per heavy atom. The van der Waals surface area contributed by atoms with Crippen molar-refractivity contribution in [2.45, 2.75) is 58.2 Å². The predicted octanol–water partition coefficient (Wildman–Crippen LogP) is 3.10. The van der Waals surface area contributed by atoms with E-state index < -0.39 is 5.60 Å². The van der Waals surface area contributed by atoms with Crippen molar-refractivity contribution in [1.82, 2.24) is 24.5 Å². The number of benzene rings is 1. The molecule has 0 aliphatic carbocycles. The Balaban J connectivity index is 1.65. The van der Waals surface area contributed by atoms with E-state index in [0.717, 1.165) is 17.7 Å². The van der Waals surface area contributed by atoms with Gasteiger partial charge in [0.2, 0.25) is 5.91 Å². The van der Waals surface area contributed by atoms with E-state index in [4.69, 9.17) is 9.84 Å². The maximum absolute atomic E-state index is 13.2. The first-order valence-corrected chi connectivity index (χ1v) is 12.2. The van der Waals surface area contributed by atoms with Crippen molar-refractivity contribution in [2.75, 3.05) is 40.3 Å². The molecular weight excluding hydrogens is 430 g/mol. The summed E-state index contributed by atoms with van der Waals surface area (Å²) in [5, 5.41) is 5.00. The van der Waals surface area contributed by atoms with Gasteiger partial charge in [-0.05, 0) is 40.4 Å². The molecule has 8 heteroatoms. The number of nitrogens with zero attached hydrogens (tertiary/aromatic N) is 5. The van der Waals surface area contributed by atoms with Crippen LogP contribution in [-0.2, 0) is 28.9 Å². The lowest BCUT2D eigenvalue weighted by molar-refractivity contribution is -0.132. The number of carbonyl (C=O) groups is 2. The molecule has 0 radical (unpaired) electrons. The van der Waals surface area contributed by atoms with Gasteiger partial charge in [-0.15, -0.1) is 0 Å². The second-order valence-corrected chi connectivity index (χ2v) is 10.5. The predicted molar refractivity (Wildman–Crippen MR) is 131 cm³/mol. The number of rotatable bonds is 5. The minimum absolute atomic E-state index is 0.118. The molecule has 3 heterocycles. The summed E-state index contributed by atoms with van der Waals surface area (Å²) in [5.41, 5.74) is 3.89. The molecule has 1 unspecified atom stereocenters. The monoisotopic (exact) mass is 467 g/mol. The molecule has 1 aromatic heterocycles. The quantitative estimate of drug-likeness (QED) is 0.676. The van der Waals surface area contributed by atoms with Crippen molar-refractivity contribution in [3.05, 3.63) is 52.8 Å². The zero-order valence-electron chi connectivity index (χ0n) is 21.1. The summed E-state index contributed by atoms with van der Waals surface area (Å²) < 4.78 is 7.86. The summed E-state index contributed by atoms with van der Waals surface area (Å²) in [6.07, 6.45) is 1.55. The van der Waals surface area contributed by atoms with E-state index in [0.29, 0.717) is 45.6 Å². The molecule has 2 aliphatic heterocycles. The first kappa shape index (κ1) is 24.3. The molecule has 8 nitrogen and oxygen atoms in total. The van der Waals surface area contributed by atoms with Crippen LogP contribution in [-0.4, -0.2) is 82.4 Å². The highest BCUT2D eigenvalue weighted by atomic mass is 16.6. The van der Waals surface area contributed by atoms with Crippen LogP contribution in [0.25, 0.3) is 0 Å². The molecule has 4 rings (SSSR count). The van der Waals surface area contributed by atoms with Gasteiger partial charge in [0.05, 0.1) is 18.3 Å². The molecule has 2 amide bonds. The average molecular weight is 468 g/mol. The van der Waals surface area contributed by atoms with E-state index in [1.807, 2.05) is 67.8 Å². The highest BCUT2D eigenvalue weighted by Crippen LogP contribution is 2.37. The van der Waals surface area contributed by atoms with Crippen molar-refractivity contribution in [1.29, 1.82) is 0 Å². The van der Waals surface area contributed by atoms with Crippen LogP contribution in [0, 0.1) is 0 Å². The van der Waals surface area contributed by atoms with Gasteiger partial charge < -0.3 is 14.5 Å². The summed E-state index contributed by atoms with van der Waals surface area (Å²) in [6.45, 7) is 8.69. The van der Waals surface area contributed by atoms with Crippen LogP contribution in [0.3, 0.4) is 0 Å². The Hall–Kier alpha value is -2.87. The fraction of sp³-hybridized carbons (Fsp3) is 0.577. The van der Waals surface area contributed by atoms with Gasteiger partial charge in [-0.25, -0.2) is 4.79 Å². The highest BCUT2D eigenvalue weighted by Gasteiger charge is 2.41. The van der Waals surface area contributed by atoms with E-state index in [1.165, 1.54) is 11.3 Å². The van der Waals surface area contributed by atoms with Gasteiger partial charge in [0.1, 0.15) is 5.60 Å². The third-order valence-corrected chi connectivity index (χ3v) is 6.41. The van der Waals surface area contributed by atoms with Crippen LogP contribution >= 0.6 is 0 Å². The number of amides is 2. The number of hydrogen-bond acceptors (Lipinski definition) is 5. The summed E-state index contributed by atoms with van der Waals surface area (Å²) in [7, 11) is 3.94. The molecule has 184 valence electrons. The first-order chi connectivity index (χ1) is 16.1. The van der Waals surface area contributed by atoms with Gasteiger partial charge in [-0.2, -0.15) is 5.10 Å². The molecule has 2 aromatic rings. The van der Waals surface area contributed by atoms with E-state index in [9.17, 15) is 9.59 Å². The molecule has 0 saturated heterocycles. The van der Waals surface area contributed by atoms with Gasteiger partial charge in [0, 0.05) is 56.7 Å². The van der Waals surface area contributed by atoms with Gasteiger partial charge >= 0.3 is 6.09 Å². The smallest absolute Gasteiger partial charge is 0.410 e. The Morgan fingerprint density at radius 1 is 1.12 bits per heavy atom. The van der Waals surface area contributed by atoms with E-state index >= 15 is 0 Å². The number of ether oxygens (including phenoxy) is 1. The van der Waals surface area contributed by atoms with Gasteiger partial charge in [-0.3, -0.25) is 14.4 Å². The average Bonchev–Trinajstić information content (AvgIpc) is 2.99. The maximum Gasteiger partial charge on any atom is 0.410 e. The molecule has 1 aromatic carbocycles. The molecule has 0 fully saturated rings. The Bertz CT molecular complexity index is 1030. The van der Waals surface area contributed by atoms with Crippen molar-refractivity contribution in [3.63, 3.8) is 0 Å². The van der Waals surface area contributed by atoms with Crippen LogP contribution in [0.4, 0.5) is 4.79 Å². The summed E-state index contributed by atoms with van der Waals surface area (Å²) in [6, 6.07) is 10.1. The van der Waals surface area contributed by atoms with E-state index in [-0.39, 0.29) is 18.0 Å². The van der Waals surface area contributed by atoms with Crippen molar-refractivity contribution >= 4 is 12.0 Å². The Labute approximate surface area is 202 Å². The highest BCUT2D eigenvalue weighted by molar-refractivity contribution is 5.77. The lowest BCUT2D eigenvalue weighted by Gasteiger charge is -2.38. The molecular formula is C26H37N5O3. The molecule has 1 atom stereocenters. The number of hydrogen-bond donors (Lipinski definition) is 0. The Kier molecular flexibility index (Phi) is 6.98. The minimum atomic E-state index is -0.580. The van der Waals surface area contributed by atoms with Crippen LogP contribution in [0.5, 0.6) is 0 Å². The van der Waals surface area contributed by atoms with Crippen molar-refractivity contribution in [3.8, 4) is 0 Å². The van der Waals surface area contributed by atoms with Crippen LogP contribution < -0.4 is 0 Å². The summed E-state index contributed by atoms with van der Waals surface area (Å²) in [5.74, 6) is 0.118. The second-order valence-electron chi connectivity index (χ2n) is 10.5.